The van der Waals surface area contributed by atoms with Crippen molar-refractivity contribution in [2.75, 3.05) is 20.1 Å². The van der Waals surface area contributed by atoms with Crippen molar-refractivity contribution in [3.8, 4) is 10.8 Å². The maximum atomic E-state index is 12.4. The highest BCUT2D eigenvalue weighted by atomic mass is 35.5. The smallest absolute Gasteiger partial charge is 0.265 e. The van der Waals surface area contributed by atoms with E-state index < -0.39 is 0 Å². The molecule has 2 aromatic heterocycles. The van der Waals surface area contributed by atoms with Gasteiger partial charge in [0.2, 0.25) is 0 Å². The highest BCUT2D eigenvalue weighted by Gasteiger charge is 2.24. The van der Waals surface area contributed by atoms with Gasteiger partial charge >= 0.3 is 0 Å². The molecule has 0 saturated carbocycles. The summed E-state index contributed by atoms with van der Waals surface area (Å²) >= 11 is 1.39. The molecule has 0 spiro atoms. The zero-order valence-electron chi connectivity index (χ0n) is 12.2. The fraction of sp³-hybridized carbons (Fsp3) is 0.429. The summed E-state index contributed by atoms with van der Waals surface area (Å²) in [5, 5.41) is 4.02. The number of amides is 1. The van der Waals surface area contributed by atoms with Gasteiger partial charge in [-0.15, -0.1) is 36.2 Å². The molecule has 1 saturated heterocycles. The van der Waals surface area contributed by atoms with Crippen LogP contribution in [0.2, 0.25) is 0 Å². The molecule has 3 heterocycles. The Kier molecular flexibility index (Phi) is 7.35. The Hall–Kier alpha value is -1.08. The Morgan fingerprint density at radius 2 is 2.14 bits per heavy atom. The molecule has 1 fully saturated rings. The second-order valence-electron chi connectivity index (χ2n) is 4.86. The molecule has 0 unspecified atom stereocenters. The summed E-state index contributed by atoms with van der Waals surface area (Å²) in [5.74, 6) is 0.790. The lowest BCUT2D eigenvalue weighted by Gasteiger charge is -2.31. The van der Waals surface area contributed by atoms with E-state index in [1.54, 1.807) is 12.5 Å². The van der Waals surface area contributed by atoms with E-state index in [-0.39, 0.29) is 30.7 Å². The van der Waals surface area contributed by atoms with Crippen molar-refractivity contribution in [1.82, 2.24) is 15.2 Å². The Morgan fingerprint density at radius 1 is 1.41 bits per heavy atom. The van der Waals surface area contributed by atoms with Crippen LogP contribution in [0.4, 0.5) is 0 Å². The van der Waals surface area contributed by atoms with Crippen LogP contribution in [0, 0.1) is 0 Å². The minimum atomic E-state index is 0. The summed E-state index contributed by atoms with van der Waals surface area (Å²) in [6.45, 7) is 1.61. The Morgan fingerprint density at radius 3 is 2.73 bits per heavy atom. The highest BCUT2D eigenvalue weighted by molar-refractivity contribution is 7.16. The number of nitrogens with one attached hydrogen (secondary N) is 1. The number of likely N-dealkylation sites (tertiary alicyclic amines) is 1. The van der Waals surface area contributed by atoms with E-state index in [0.29, 0.717) is 16.7 Å². The van der Waals surface area contributed by atoms with Crippen molar-refractivity contribution >= 4 is 42.1 Å². The molecule has 0 aromatic carbocycles. The molecule has 1 N–H and O–H groups in total. The first kappa shape index (κ1) is 19.0. The quantitative estimate of drug-likeness (QED) is 0.910. The van der Waals surface area contributed by atoms with Gasteiger partial charge in [-0.1, -0.05) is 0 Å². The second-order valence-corrected chi connectivity index (χ2v) is 5.89. The van der Waals surface area contributed by atoms with Crippen LogP contribution < -0.4 is 5.32 Å². The third kappa shape index (κ3) is 4.01. The predicted octanol–water partition coefficient (Wildman–Crippen LogP) is 3.07. The van der Waals surface area contributed by atoms with Crippen molar-refractivity contribution in [3.63, 3.8) is 0 Å². The third-order valence-electron chi connectivity index (χ3n) is 3.64. The SMILES string of the molecule is CNC1CCN(C(=O)c2cnc(-c3ccco3)s2)CC1.Cl.Cl. The molecule has 8 heteroatoms. The Labute approximate surface area is 145 Å². The number of hydrogen-bond donors (Lipinski definition) is 1. The average molecular weight is 364 g/mol. The summed E-state index contributed by atoms with van der Waals surface area (Å²) in [6, 6.07) is 4.20. The topological polar surface area (TPSA) is 58.4 Å². The van der Waals surface area contributed by atoms with Crippen LogP contribution in [0.3, 0.4) is 0 Å². The van der Waals surface area contributed by atoms with Crippen LogP contribution in [0.25, 0.3) is 10.8 Å². The van der Waals surface area contributed by atoms with E-state index in [1.807, 2.05) is 24.1 Å². The van der Waals surface area contributed by atoms with E-state index in [1.165, 1.54) is 11.3 Å². The minimum absolute atomic E-state index is 0. The fourth-order valence-electron chi connectivity index (χ4n) is 2.41. The molecule has 122 valence electrons. The van der Waals surface area contributed by atoms with Gasteiger partial charge in [-0.25, -0.2) is 4.98 Å². The van der Waals surface area contributed by atoms with E-state index in [4.69, 9.17) is 4.42 Å². The highest BCUT2D eigenvalue weighted by Crippen LogP contribution is 2.26. The maximum Gasteiger partial charge on any atom is 0.265 e. The van der Waals surface area contributed by atoms with E-state index in [0.717, 1.165) is 30.9 Å². The van der Waals surface area contributed by atoms with Crippen LogP contribution in [0.15, 0.2) is 29.0 Å². The minimum Gasteiger partial charge on any atom is -0.462 e. The first-order valence-corrected chi connectivity index (χ1v) is 7.56. The van der Waals surface area contributed by atoms with Crippen molar-refractivity contribution in [1.29, 1.82) is 0 Å². The van der Waals surface area contributed by atoms with E-state index in [2.05, 4.69) is 10.3 Å². The summed E-state index contributed by atoms with van der Waals surface area (Å²) < 4.78 is 5.30. The first-order chi connectivity index (χ1) is 9.78. The van der Waals surface area contributed by atoms with Crippen LogP contribution >= 0.6 is 36.2 Å². The van der Waals surface area contributed by atoms with Gasteiger partial charge in [-0.2, -0.15) is 0 Å². The average Bonchev–Trinajstić information content (AvgIpc) is 3.17. The van der Waals surface area contributed by atoms with Gasteiger partial charge in [0.25, 0.3) is 5.91 Å². The number of carbonyl (C=O) groups is 1. The lowest BCUT2D eigenvalue weighted by Crippen LogP contribution is -2.43. The second kappa shape index (κ2) is 8.53. The van der Waals surface area contributed by atoms with E-state index >= 15 is 0 Å². The van der Waals surface area contributed by atoms with Crippen LogP contribution in [-0.2, 0) is 0 Å². The molecular formula is C14H19Cl2N3O2S. The molecule has 22 heavy (non-hydrogen) atoms. The molecule has 0 atom stereocenters. The van der Waals surface area contributed by atoms with Gasteiger partial charge in [-0.3, -0.25) is 4.79 Å². The number of carbonyl (C=O) groups excluding carboxylic acids is 1. The van der Waals surface area contributed by atoms with Crippen molar-refractivity contribution in [2.45, 2.75) is 18.9 Å². The van der Waals surface area contributed by atoms with Crippen LogP contribution in [0.5, 0.6) is 0 Å². The number of hydrogen-bond acceptors (Lipinski definition) is 5. The number of piperidine rings is 1. The van der Waals surface area contributed by atoms with Crippen molar-refractivity contribution < 1.29 is 9.21 Å². The summed E-state index contributed by atoms with van der Waals surface area (Å²) in [4.78, 5) is 19.3. The van der Waals surface area contributed by atoms with Crippen LogP contribution in [-0.4, -0.2) is 42.0 Å². The maximum absolute atomic E-state index is 12.4. The molecule has 0 aliphatic carbocycles. The molecule has 1 aliphatic heterocycles. The van der Waals surface area contributed by atoms with Crippen molar-refractivity contribution in [3.05, 3.63) is 29.5 Å². The standard InChI is InChI=1S/C14H17N3O2S.2ClH/c1-15-10-4-6-17(7-5-10)14(18)12-9-16-13(20-12)11-3-2-8-19-11;;/h2-3,8-10,15H,4-7H2,1H3;2*1H. The zero-order valence-corrected chi connectivity index (χ0v) is 14.6. The lowest BCUT2D eigenvalue weighted by molar-refractivity contribution is 0.0712. The molecule has 2 aromatic rings. The normalized spacial score (nSPS) is 15.0. The van der Waals surface area contributed by atoms with Gasteiger partial charge in [0.05, 0.1) is 12.5 Å². The van der Waals surface area contributed by atoms with E-state index in [9.17, 15) is 4.79 Å². The molecule has 0 bridgehead atoms. The summed E-state index contributed by atoms with van der Waals surface area (Å²) in [6.07, 6.45) is 5.27. The Balaban J connectivity index is 0.00000121. The fourth-order valence-corrected chi connectivity index (χ4v) is 3.27. The first-order valence-electron chi connectivity index (χ1n) is 6.74. The van der Waals surface area contributed by atoms with Gasteiger partial charge < -0.3 is 14.6 Å². The van der Waals surface area contributed by atoms with Gasteiger partial charge in [0.1, 0.15) is 4.88 Å². The number of nitrogens with zero attached hydrogens (tertiary/aromatic N) is 2. The molecule has 1 aliphatic rings. The Bertz CT molecular complexity index is 581. The number of aromatic nitrogens is 1. The number of thiazole rings is 1. The number of rotatable bonds is 3. The third-order valence-corrected chi connectivity index (χ3v) is 4.64. The van der Waals surface area contributed by atoms with Gasteiger partial charge in [0.15, 0.2) is 10.8 Å². The van der Waals surface area contributed by atoms with Crippen LogP contribution in [0.1, 0.15) is 22.5 Å². The predicted molar refractivity (Wildman–Crippen MR) is 92.3 cm³/mol. The monoisotopic (exact) mass is 363 g/mol. The zero-order chi connectivity index (χ0) is 13.9. The molecule has 0 radical (unpaired) electrons. The van der Waals surface area contributed by atoms with Gasteiger partial charge in [0, 0.05) is 19.1 Å². The lowest BCUT2D eigenvalue weighted by atomic mass is 10.1. The number of halogens is 2. The largest absolute Gasteiger partial charge is 0.462 e. The summed E-state index contributed by atoms with van der Waals surface area (Å²) in [5.41, 5.74) is 0. The molecular weight excluding hydrogens is 345 g/mol. The molecule has 1 amide bonds. The summed E-state index contributed by atoms with van der Waals surface area (Å²) in [7, 11) is 1.97. The van der Waals surface area contributed by atoms with Crippen molar-refractivity contribution in [2.24, 2.45) is 0 Å². The van der Waals surface area contributed by atoms with Gasteiger partial charge in [-0.05, 0) is 32.0 Å². The molecule has 5 nitrogen and oxygen atoms in total. The molecule has 3 rings (SSSR count). The number of furan rings is 1.